The number of benzene rings is 1. The molecule has 5 nitrogen and oxygen atoms in total. The van der Waals surface area contributed by atoms with Crippen molar-refractivity contribution in [3.05, 3.63) is 65.7 Å². The third kappa shape index (κ3) is 4.57. The van der Waals surface area contributed by atoms with Crippen LogP contribution < -0.4 is 10.6 Å². The first-order valence-electron chi connectivity index (χ1n) is 8.88. The monoisotopic (exact) mass is 347 g/mol. The van der Waals surface area contributed by atoms with Crippen molar-refractivity contribution < 1.29 is 0 Å². The number of aromatic nitrogens is 3. The Kier molecular flexibility index (Phi) is 5.46. The van der Waals surface area contributed by atoms with Gasteiger partial charge in [-0.2, -0.15) is 0 Å². The third-order valence-electron chi connectivity index (χ3n) is 4.12. The minimum Gasteiger partial charge on any atom is -0.352 e. The molecule has 3 rings (SSSR count). The van der Waals surface area contributed by atoms with Gasteiger partial charge in [-0.05, 0) is 55.5 Å². The number of pyridine rings is 1. The number of hydrogen-bond donors (Lipinski definition) is 2. The van der Waals surface area contributed by atoms with E-state index in [1.807, 2.05) is 26.1 Å². The molecule has 0 unspecified atom stereocenters. The van der Waals surface area contributed by atoms with E-state index in [4.69, 9.17) is 0 Å². The van der Waals surface area contributed by atoms with Crippen molar-refractivity contribution in [3.63, 3.8) is 0 Å². The molecule has 0 aliphatic heterocycles. The van der Waals surface area contributed by atoms with Crippen molar-refractivity contribution in [1.29, 1.82) is 0 Å². The highest BCUT2D eigenvalue weighted by Gasteiger charge is 2.06. The number of aryl methyl sites for hydroxylation is 2. The lowest BCUT2D eigenvalue weighted by atomic mass is 10.0. The van der Waals surface area contributed by atoms with Crippen LogP contribution in [0.1, 0.15) is 30.7 Å². The van der Waals surface area contributed by atoms with Crippen LogP contribution in [0.5, 0.6) is 0 Å². The highest BCUT2D eigenvalue weighted by Crippen LogP contribution is 2.22. The van der Waals surface area contributed by atoms with Crippen LogP contribution in [0.4, 0.5) is 23.0 Å². The molecule has 0 amide bonds. The van der Waals surface area contributed by atoms with Gasteiger partial charge in [0.15, 0.2) is 0 Å². The number of rotatable bonds is 6. The predicted molar refractivity (Wildman–Crippen MR) is 107 cm³/mol. The molecule has 5 heteroatoms. The molecule has 2 heterocycles. The lowest BCUT2D eigenvalue weighted by molar-refractivity contribution is 0.647. The summed E-state index contributed by atoms with van der Waals surface area (Å²) < 4.78 is 0. The molecule has 0 aliphatic carbocycles. The van der Waals surface area contributed by atoms with Gasteiger partial charge in [-0.3, -0.25) is 4.98 Å². The summed E-state index contributed by atoms with van der Waals surface area (Å²) in [5.41, 5.74) is 6.19. The van der Waals surface area contributed by atoms with Crippen LogP contribution in [0, 0.1) is 19.8 Å². The van der Waals surface area contributed by atoms with Crippen molar-refractivity contribution in [1.82, 2.24) is 15.0 Å². The van der Waals surface area contributed by atoms with Crippen LogP contribution in [-0.4, -0.2) is 15.0 Å². The number of anilines is 4. The summed E-state index contributed by atoms with van der Waals surface area (Å²) in [7, 11) is 0. The van der Waals surface area contributed by atoms with Crippen LogP contribution in [0.2, 0.25) is 0 Å². The summed E-state index contributed by atoms with van der Waals surface area (Å²) in [6, 6.07) is 10.4. The quantitative estimate of drug-likeness (QED) is 0.644. The van der Waals surface area contributed by atoms with Crippen LogP contribution >= 0.6 is 0 Å². The van der Waals surface area contributed by atoms with Crippen molar-refractivity contribution in [2.24, 2.45) is 5.92 Å². The molecule has 26 heavy (non-hydrogen) atoms. The van der Waals surface area contributed by atoms with Gasteiger partial charge in [-0.25, -0.2) is 9.97 Å². The molecule has 134 valence electrons. The molecule has 2 N–H and O–H groups in total. The average molecular weight is 347 g/mol. The second kappa shape index (κ2) is 7.95. The van der Waals surface area contributed by atoms with Gasteiger partial charge in [-0.1, -0.05) is 26.0 Å². The van der Waals surface area contributed by atoms with Gasteiger partial charge in [0.2, 0.25) is 5.95 Å². The highest BCUT2D eigenvalue weighted by atomic mass is 15.1. The Bertz CT molecular complexity index is 872. The Morgan fingerprint density at radius 3 is 2.35 bits per heavy atom. The van der Waals surface area contributed by atoms with E-state index in [-0.39, 0.29) is 0 Å². The molecule has 2 aromatic heterocycles. The molecule has 0 spiro atoms. The van der Waals surface area contributed by atoms with E-state index < -0.39 is 0 Å². The lowest BCUT2D eigenvalue weighted by Crippen LogP contribution is -2.03. The van der Waals surface area contributed by atoms with Crippen molar-refractivity contribution >= 4 is 23.0 Å². The fourth-order valence-electron chi connectivity index (χ4n) is 2.73. The second-order valence-electron chi connectivity index (χ2n) is 6.93. The molecular weight excluding hydrogens is 322 g/mol. The largest absolute Gasteiger partial charge is 0.352 e. The zero-order valence-electron chi connectivity index (χ0n) is 15.7. The summed E-state index contributed by atoms with van der Waals surface area (Å²) in [5, 5.41) is 6.63. The first-order chi connectivity index (χ1) is 12.5. The maximum atomic E-state index is 4.56. The molecule has 0 radical (unpaired) electrons. The lowest BCUT2D eigenvalue weighted by Gasteiger charge is -2.12. The van der Waals surface area contributed by atoms with E-state index >= 15 is 0 Å². The third-order valence-corrected chi connectivity index (χ3v) is 4.12. The topological polar surface area (TPSA) is 62.7 Å². The van der Waals surface area contributed by atoms with Gasteiger partial charge in [0.25, 0.3) is 0 Å². The SMILES string of the molecule is Cc1cnccc1Nc1cnc(Nc2ccc(CC(C)C)cc2)nc1C. The van der Waals surface area contributed by atoms with E-state index in [0.717, 1.165) is 34.7 Å². The molecule has 1 aromatic carbocycles. The smallest absolute Gasteiger partial charge is 0.227 e. The van der Waals surface area contributed by atoms with Gasteiger partial charge in [0, 0.05) is 23.8 Å². The molecule has 3 aromatic rings. The molecule has 0 bridgehead atoms. The summed E-state index contributed by atoms with van der Waals surface area (Å²) in [4.78, 5) is 13.1. The van der Waals surface area contributed by atoms with Gasteiger partial charge in [-0.15, -0.1) is 0 Å². The fraction of sp³-hybridized carbons (Fsp3) is 0.286. The summed E-state index contributed by atoms with van der Waals surface area (Å²) in [5.74, 6) is 1.25. The minimum atomic E-state index is 0.594. The van der Waals surface area contributed by atoms with E-state index in [1.165, 1.54) is 5.56 Å². The normalized spacial score (nSPS) is 10.8. The van der Waals surface area contributed by atoms with Crippen LogP contribution in [0.25, 0.3) is 0 Å². The molecule has 0 saturated carbocycles. The van der Waals surface area contributed by atoms with Crippen molar-refractivity contribution in [2.45, 2.75) is 34.1 Å². The Morgan fingerprint density at radius 1 is 0.923 bits per heavy atom. The summed E-state index contributed by atoms with van der Waals surface area (Å²) in [6.07, 6.45) is 6.49. The van der Waals surface area contributed by atoms with E-state index in [9.17, 15) is 0 Å². The van der Waals surface area contributed by atoms with E-state index in [0.29, 0.717) is 11.9 Å². The zero-order chi connectivity index (χ0) is 18.5. The van der Waals surface area contributed by atoms with Gasteiger partial charge >= 0.3 is 0 Å². The minimum absolute atomic E-state index is 0.594. The molecule has 0 atom stereocenters. The summed E-state index contributed by atoms with van der Waals surface area (Å²) >= 11 is 0. The number of nitrogens with one attached hydrogen (secondary N) is 2. The van der Waals surface area contributed by atoms with Crippen molar-refractivity contribution in [3.8, 4) is 0 Å². The number of hydrogen-bond acceptors (Lipinski definition) is 5. The van der Waals surface area contributed by atoms with Gasteiger partial charge < -0.3 is 10.6 Å². The maximum absolute atomic E-state index is 4.56. The Labute approximate surface area is 154 Å². The van der Waals surface area contributed by atoms with Crippen LogP contribution in [0.15, 0.2) is 48.9 Å². The molecule has 0 saturated heterocycles. The standard InChI is InChI=1S/C21H25N5/c1-14(2)11-17-5-7-18(8-6-17)25-21-23-13-20(16(4)24-21)26-19-9-10-22-12-15(19)3/h5-10,12-14H,11H2,1-4H3,(H,22,26)(H,23,24,25). The Morgan fingerprint density at radius 2 is 1.69 bits per heavy atom. The first kappa shape index (κ1) is 17.9. The van der Waals surface area contributed by atoms with E-state index in [1.54, 1.807) is 12.4 Å². The first-order valence-corrected chi connectivity index (χ1v) is 8.88. The average Bonchev–Trinajstić information content (AvgIpc) is 2.60. The zero-order valence-corrected chi connectivity index (χ0v) is 15.7. The van der Waals surface area contributed by atoms with Gasteiger partial charge in [0.1, 0.15) is 0 Å². The number of nitrogens with zero attached hydrogens (tertiary/aromatic N) is 3. The molecule has 0 aliphatic rings. The molecule has 0 fully saturated rings. The second-order valence-corrected chi connectivity index (χ2v) is 6.93. The fourth-order valence-corrected chi connectivity index (χ4v) is 2.73. The summed E-state index contributed by atoms with van der Waals surface area (Å²) in [6.45, 7) is 8.44. The van der Waals surface area contributed by atoms with Crippen molar-refractivity contribution in [2.75, 3.05) is 10.6 Å². The molecular formula is C21H25N5. The van der Waals surface area contributed by atoms with E-state index in [2.05, 4.69) is 63.7 Å². The Hall–Kier alpha value is -2.95. The van der Waals surface area contributed by atoms with Crippen LogP contribution in [0.3, 0.4) is 0 Å². The van der Waals surface area contributed by atoms with Gasteiger partial charge in [0.05, 0.1) is 17.6 Å². The maximum Gasteiger partial charge on any atom is 0.227 e. The predicted octanol–water partition coefficient (Wildman–Crippen LogP) is 5.17. The highest BCUT2D eigenvalue weighted by molar-refractivity contribution is 5.64. The Balaban J connectivity index is 1.70. The van der Waals surface area contributed by atoms with Crippen LogP contribution in [-0.2, 0) is 6.42 Å².